The number of carbonyl (C=O) groups is 1. The van der Waals surface area contributed by atoms with Crippen molar-refractivity contribution in [3.63, 3.8) is 0 Å². The van der Waals surface area contributed by atoms with Gasteiger partial charge in [-0.2, -0.15) is 0 Å². The van der Waals surface area contributed by atoms with Gasteiger partial charge in [0.05, 0.1) is 0 Å². The highest BCUT2D eigenvalue weighted by Gasteiger charge is 2.56. The first-order valence-corrected chi connectivity index (χ1v) is 8.53. The summed E-state index contributed by atoms with van der Waals surface area (Å²) in [5, 5.41) is 3.26. The Hall–Kier alpha value is -1.51. The highest BCUT2D eigenvalue weighted by atomic mass is 16.5. The van der Waals surface area contributed by atoms with Crippen LogP contribution in [-0.2, 0) is 11.3 Å². The fraction of sp³-hybridized carbons (Fsp3) is 0.632. The normalized spacial score (nSPS) is 38.8. The lowest BCUT2D eigenvalue weighted by molar-refractivity contribution is -0.0701. The minimum atomic E-state index is -0.241. The number of hydrogen-bond acceptors (Lipinski definition) is 2. The molecule has 2 unspecified atom stereocenters. The second-order valence-electron chi connectivity index (χ2n) is 8.24. The Labute approximate surface area is 132 Å². The number of amides is 1. The minimum absolute atomic E-state index is 0.00655. The van der Waals surface area contributed by atoms with E-state index >= 15 is 0 Å². The van der Waals surface area contributed by atoms with Crippen molar-refractivity contribution in [1.29, 1.82) is 0 Å². The molecule has 1 amide bonds. The number of alkyl carbamates (subject to hydrolysis) is 1. The molecule has 3 heteroatoms. The van der Waals surface area contributed by atoms with E-state index in [2.05, 4.69) is 12.2 Å². The molecule has 0 aromatic heterocycles. The van der Waals surface area contributed by atoms with Crippen LogP contribution in [0.4, 0.5) is 4.79 Å². The molecular formula is C19H25NO2. The van der Waals surface area contributed by atoms with Crippen molar-refractivity contribution >= 4 is 6.09 Å². The molecule has 0 aliphatic heterocycles. The van der Waals surface area contributed by atoms with Crippen LogP contribution in [0, 0.1) is 17.3 Å². The largest absolute Gasteiger partial charge is 0.445 e. The molecule has 3 nitrogen and oxygen atoms in total. The number of nitrogens with one attached hydrogen (secondary N) is 1. The van der Waals surface area contributed by atoms with Gasteiger partial charge in [-0.1, -0.05) is 37.3 Å². The maximum atomic E-state index is 12.3. The van der Waals surface area contributed by atoms with Gasteiger partial charge in [-0.25, -0.2) is 4.79 Å². The zero-order valence-electron chi connectivity index (χ0n) is 13.3. The molecule has 4 fully saturated rings. The molecule has 1 aromatic carbocycles. The Morgan fingerprint density at radius 3 is 2.50 bits per heavy atom. The highest BCUT2D eigenvalue weighted by molar-refractivity contribution is 5.68. The zero-order chi connectivity index (χ0) is 15.2. The first-order valence-electron chi connectivity index (χ1n) is 8.53. The van der Waals surface area contributed by atoms with E-state index in [9.17, 15) is 4.79 Å². The molecule has 0 spiro atoms. The standard InChI is InChI=1S/C19H25NO2/c1-18-8-15-7-16(9-18)11-19(10-15,13-18)20-17(21)22-12-14-5-3-2-4-6-14/h2-6,15-16H,7-13H2,1H3,(H,20,21). The quantitative estimate of drug-likeness (QED) is 0.905. The molecule has 118 valence electrons. The van der Waals surface area contributed by atoms with E-state index in [1.165, 1.54) is 19.3 Å². The van der Waals surface area contributed by atoms with Crippen molar-refractivity contribution < 1.29 is 9.53 Å². The number of ether oxygens (including phenoxy) is 1. The molecule has 4 bridgehead atoms. The third-order valence-electron chi connectivity index (χ3n) is 5.93. The van der Waals surface area contributed by atoms with Gasteiger partial charge < -0.3 is 10.1 Å². The summed E-state index contributed by atoms with van der Waals surface area (Å²) in [5.41, 5.74) is 1.48. The van der Waals surface area contributed by atoms with E-state index < -0.39 is 0 Å². The average Bonchev–Trinajstić information content (AvgIpc) is 2.43. The molecule has 0 radical (unpaired) electrons. The Bertz CT molecular complexity index is 554. The van der Waals surface area contributed by atoms with Gasteiger partial charge in [0.15, 0.2) is 0 Å². The predicted molar refractivity (Wildman–Crippen MR) is 85.3 cm³/mol. The van der Waals surface area contributed by atoms with Crippen LogP contribution in [0.5, 0.6) is 0 Å². The van der Waals surface area contributed by atoms with E-state index in [0.29, 0.717) is 12.0 Å². The van der Waals surface area contributed by atoms with Crippen LogP contribution in [-0.4, -0.2) is 11.6 Å². The fourth-order valence-corrected chi connectivity index (χ4v) is 5.84. The molecule has 1 N–H and O–H groups in total. The summed E-state index contributed by atoms with van der Waals surface area (Å²) in [7, 11) is 0. The smallest absolute Gasteiger partial charge is 0.407 e. The van der Waals surface area contributed by atoms with Crippen LogP contribution in [0.1, 0.15) is 51.0 Å². The first-order chi connectivity index (χ1) is 10.5. The topological polar surface area (TPSA) is 38.3 Å². The maximum Gasteiger partial charge on any atom is 0.407 e. The van der Waals surface area contributed by atoms with Crippen molar-refractivity contribution in [2.45, 2.75) is 57.6 Å². The Balaban J connectivity index is 1.39. The molecule has 4 aliphatic carbocycles. The molecule has 5 rings (SSSR count). The summed E-state index contributed by atoms with van der Waals surface area (Å²) in [6, 6.07) is 9.88. The van der Waals surface area contributed by atoms with Gasteiger partial charge in [0.1, 0.15) is 6.61 Å². The third-order valence-corrected chi connectivity index (χ3v) is 5.93. The van der Waals surface area contributed by atoms with Crippen LogP contribution in [0.25, 0.3) is 0 Å². The summed E-state index contributed by atoms with van der Waals surface area (Å²) < 4.78 is 5.45. The van der Waals surface area contributed by atoms with Crippen molar-refractivity contribution in [1.82, 2.24) is 5.32 Å². The lowest BCUT2D eigenvalue weighted by Crippen LogP contribution is -2.62. The predicted octanol–water partition coefficient (Wildman–Crippen LogP) is 4.27. The Kier molecular flexibility index (Phi) is 3.21. The van der Waals surface area contributed by atoms with E-state index in [0.717, 1.165) is 36.7 Å². The van der Waals surface area contributed by atoms with Gasteiger partial charge in [-0.3, -0.25) is 0 Å². The number of rotatable bonds is 3. The van der Waals surface area contributed by atoms with Gasteiger partial charge in [0.25, 0.3) is 0 Å². The third kappa shape index (κ3) is 2.62. The van der Waals surface area contributed by atoms with Gasteiger partial charge in [-0.05, 0) is 61.3 Å². The summed E-state index contributed by atoms with van der Waals surface area (Å²) in [5.74, 6) is 1.61. The van der Waals surface area contributed by atoms with Crippen molar-refractivity contribution in [2.24, 2.45) is 17.3 Å². The van der Waals surface area contributed by atoms with E-state index in [4.69, 9.17) is 4.74 Å². The van der Waals surface area contributed by atoms with E-state index in [-0.39, 0.29) is 11.6 Å². The summed E-state index contributed by atoms with van der Waals surface area (Å²) in [6.45, 7) is 2.77. The molecule has 0 saturated heterocycles. The highest BCUT2D eigenvalue weighted by Crippen LogP contribution is 2.61. The van der Waals surface area contributed by atoms with Crippen LogP contribution < -0.4 is 5.32 Å². The van der Waals surface area contributed by atoms with Gasteiger partial charge >= 0.3 is 6.09 Å². The van der Waals surface area contributed by atoms with E-state index in [1.807, 2.05) is 30.3 Å². The molecule has 2 atom stereocenters. The average molecular weight is 299 g/mol. The van der Waals surface area contributed by atoms with Gasteiger partial charge in [0, 0.05) is 5.54 Å². The molecule has 0 heterocycles. The van der Waals surface area contributed by atoms with Crippen molar-refractivity contribution in [3.8, 4) is 0 Å². The van der Waals surface area contributed by atoms with Gasteiger partial charge in [-0.15, -0.1) is 0 Å². The second-order valence-corrected chi connectivity index (χ2v) is 8.24. The van der Waals surface area contributed by atoms with Crippen LogP contribution >= 0.6 is 0 Å². The number of carbonyl (C=O) groups excluding carboxylic acids is 1. The Morgan fingerprint density at radius 1 is 1.18 bits per heavy atom. The lowest BCUT2D eigenvalue weighted by Gasteiger charge is -2.61. The summed E-state index contributed by atoms with van der Waals surface area (Å²) in [6.07, 6.45) is 7.28. The van der Waals surface area contributed by atoms with Gasteiger partial charge in [0.2, 0.25) is 0 Å². The maximum absolute atomic E-state index is 12.3. The second kappa shape index (κ2) is 5.00. The molecule has 1 aromatic rings. The monoisotopic (exact) mass is 299 g/mol. The number of benzene rings is 1. The lowest BCUT2D eigenvalue weighted by atomic mass is 9.47. The van der Waals surface area contributed by atoms with Crippen LogP contribution in [0.3, 0.4) is 0 Å². The molecular weight excluding hydrogens is 274 g/mol. The molecule has 4 aliphatic rings. The number of hydrogen-bond donors (Lipinski definition) is 1. The SMILES string of the molecule is CC12CC3CC(C1)CC(NC(=O)OCc1ccccc1)(C3)C2. The minimum Gasteiger partial charge on any atom is -0.445 e. The molecule has 22 heavy (non-hydrogen) atoms. The first kappa shape index (κ1) is 14.1. The zero-order valence-corrected chi connectivity index (χ0v) is 13.3. The van der Waals surface area contributed by atoms with Crippen molar-refractivity contribution in [3.05, 3.63) is 35.9 Å². The summed E-state index contributed by atoms with van der Waals surface area (Å²) >= 11 is 0. The Morgan fingerprint density at radius 2 is 1.86 bits per heavy atom. The molecule has 4 saturated carbocycles. The summed E-state index contributed by atoms with van der Waals surface area (Å²) in [4.78, 5) is 12.3. The van der Waals surface area contributed by atoms with Crippen molar-refractivity contribution in [2.75, 3.05) is 0 Å². The van der Waals surface area contributed by atoms with Crippen LogP contribution in [0.2, 0.25) is 0 Å². The van der Waals surface area contributed by atoms with Crippen LogP contribution in [0.15, 0.2) is 30.3 Å². The van der Waals surface area contributed by atoms with E-state index in [1.54, 1.807) is 0 Å². The fourth-order valence-electron chi connectivity index (χ4n) is 5.84.